The number of pyridine rings is 1. The van der Waals surface area contributed by atoms with Gasteiger partial charge in [0.1, 0.15) is 17.6 Å². The van der Waals surface area contributed by atoms with Gasteiger partial charge in [-0.05, 0) is 43.2 Å². The maximum absolute atomic E-state index is 13.4. The summed E-state index contributed by atoms with van der Waals surface area (Å²) in [5.74, 6) is 0.628. The topological polar surface area (TPSA) is 80.5 Å². The molecule has 9 heteroatoms. The Balaban J connectivity index is 1.33. The minimum Gasteiger partial charge on any atom is -0.372 e. The van der Waals surface area contributed by atoms with Crippen LogP contribution in [0, 0.1) is 11.3 Å². The van der Waals surface area contributed by atoms with Crippen LogP contribution >= 0.6 is 11.6 Å². The zero-order valence-corrected chi connectivity index (χ0v) is 19.2. The predicted molar refractivity (Wildman–Crippen MR) is 125 cm³/mol. The van der Waals surface area contributed by atoms with Crippen molar-refractivity contribution >= 4 is 32.9 Å². The highest BCUT2D eigenvalue weighted by Gasteiger charge is 2.36. The Labute approximate surface area is 193 Å². The molecule has 0 N–H and O–H groups in total. The van der Waals surface area contributed by atoms with Crippen LogP contribution in [0.15, 0.2) is 53.1 Å². The maximum Gasteiger partial charge on any atom is 0.184 e. The first-order chi connectivity index (χ1) is 15.5. The molecule has 1 unspecified atom stereocenters. The minimum atomic E-state index is -3.59. The van der Waals surface area contributed by atoms with E-state index >= 15 is 0 Å². The summed E-state index contributed by atoms with van der Waals surface area (Å²) in [5.41, 5.74) is 2.61. The molecule has 0 aliphatic carbocycles. The third kappa shape index (κ3) is 3.80. The summed E-state index contributed by atoms with van der Waals surface area (Å²) >= 11 is 6.52. The van der Waals surface area contributed by atoms with Crippen molar-refractivity contribution in [2.45, 2.75) is 23.0 Å². The van der Waals surface area contributed by atoms with Crippen molar-refractivity contribution in [3.8, 4) is 6.07 Å². The number of halogens is 1. The molecule has 4 heterocycles. The molecule has 0 bridgehead atoms. The van der Waals surface area contributed by atoms with E-state index in [-0.39, 0.29) is 9.92 Å². The zero-order chi connectivity index (χ0) is 22.3. The van der Waals surface area contributed by atoms with Crippen molar-refractivity contribution in [1.82, 2.24) is 9.88 Å². The number of anilines is 2. The lowest BCUT2D eigenvalue weighted by Gasteiger charge is -2.37. The lowest BCUT2D eigenvalue weighted by Crippen LogP contribution is -2.43. The number of rotatable bonds is 4. The van der Waals surface area contributed by atoms with Crippen LogP contribution in [0.1, 0.15) is 18.5 Å². The number of aromatic nitrogens is 1. The number of sulfone groups is 1. The van der Waals surface area contributed by atoms with Crippen LogP contribution in [0.5, 0.6) is 0 Å². The zero-order valence-electron chi connectivity index (χ0n) is 17.6. The van der Waals surface area contributed by atoms with Gasteiger partial charge in [0.15, 0.2) is 9.84 Å². The van der Waals surface area contributed by atoms with E-state index in [1.807, 2.05) is 17.0 Å². The minimum absolute atomic E-state index is 0.187. The van der Waals surface area contributed by atoms with E-state index in [1.54, 1.807) is 30.3 Å². The first-order valence-electron chi connectivity index (χ1n) is 10.8. The second-order valence-corrected chi connectivity index (χ2v) is 11.0. The molecule has 0 saturated carbocycles. The van der Waals surface area contributed by atoms with Gasteiger partial charge in [0.25, 0.3) is 0 Å². The summed E-state index contributed by atoms with van der Waals surface area (Å²) in [4.78, 5) is 11.1. The third-order valence-corrected chi connectivity index (χ3v) is 9.18. The second kappa shape index (κ2) is 8.30. The smallest absolute Gasteiger partial charge is 0.184 e. The summed E-state index contributed by atoms with van der Waals surface area (Å²) in [6, 6.07) is 12.5. The van der Waals surface area contributed by atoms with E-state index in [9.17, 15) is 8.42 Å². The first-order valence-corrected chi connectivity index (χ1v) is 12.7. The van der Waals surface area contributed by atoms with Gasteiger partial charge in [-0.25, -0.2) is 13.4 Å². The summed E-state index contributed by atoms with van der Waals surface area (Å²) < 4.78 is 26.8. The van der Waals surface area contributed by atoms with Crippen molar-refractivity contribution in [2.24, 2.45) is 0 Å². The van der Waals surface area contributed by atoms with Gasteiger partial charge in [-0.3, -0.25) is 0 Å². The fraction of sp³-hybridized carbons (Fsp3) is 0.391. The van der Waals surface area contributed by atoms with Crippen molar-refractivity contribution in [3.05, 3.63) is 58.9 Å². The van der Waals surface area contributed by atoms with Crippen molar-refractivity contribution < 1.29 is 8.42 Å². The largest absolute Gasteiger partial charge is 0.372 e. The van der Waals surface area contributed by atoms with Crippen LogP contribution in [-0.4, -0.2) is 62.8 Å². The highest BCUT2D eigenvalue weighted by atomic mass is 35.5. The fourth-order valence-electron chi connectivity index (χ4n) is 4.76. The van der Waals surface area contributed by atoms with Crippen molar-refractivity contribution in [2.75, 3.05) is 49.1 Å². The molecular weight excluding hydrogens is 446 g/mol. The summed E-state index contributed by atoms with van der Waals surface area (Å²) in [5, 5.41) is 8.78. The van der Waals surface area contributed by atoms with Crippen LogP contribution in [-0.2, 0) is 9.84 Å². The van der Waals surface area contributed by atoms with E-state index in [0.717, 1.165) is 38.3 Å². The van der Waals surface area contributed by atoms with Crippen molar-refractivity contribution in [3.63, 3.8) is 0 Å². The molecule has 1 atom stereocenters. The summed E-state index contributed by atoms with van der Waals surface area (Å²) in [6.07, 6.45) is 3.87. The summed E-state index contributed by atoms with van der Waals surface area (Å²) in [6.45, 7) is 4.69. The second-order valence-electron chi connectivity index (χ2n) is 8.40. The molecule has 7 nitrogen and oxygen atoms in total. The predicted octanol–water partition coefficient (Wildman–Crippen LogP) is 3.07. The van der Waals surface area contributed by atoms with Crippen LogP contribution in [0.4, 0.5) is 11.5 Å². The van der Waals surface area contributed by atoms with Gasteiger partial charge in [-0.2, -0.15) is 5.26 Å². The normalized spacial score (nSPS) is 20.8. The number of piperazine rings is 1. The monoisotopic (exact) mass is 469 g/mol. The molecule has 2 aromatic rings. The average Bonchev–Trinajstić information content (AvgIpc) is 3.48. The molecule has 2 saturated heterocycles. The van der Waals surface area contributed by atoms with E-state index < -0.39 is 15.1 Å². The van der Waals surface area contributed by atoms with E-state index in [4.69, 9.17) is 16.9 Å². The lowest BCUT2D eigenvalue weighted by atomic mass is 10.2. The van der Waals surface area contributed by atoms with Gasteiger partial charge in [-0.1, -0.05) is 23.7 Å². The molecule has 5 rings (SSSR count). The molecule has 0 amide bonds. The molecule has 3 aliphatic heterocycles. The number of nitriles is 1. The van der Waals surface area contributed by atoms with Crippen LogP contribution in [0.25, 0.3) is 0 Å². The lowest BCUT2D eigenvalue weighted by molar-refractivity contribution is 0.348. The molecular formula is C23H24ClN5O2S. The van der Waals surface area contributed by atoms with Crippen molar-refractivity contribution in [1.29, 1.82) is 5.26 Å². The van der Waals surface area contributed by atoms with Gasteiger partial charge >= 0.3 is 0 Å². The standard InChI is InChI=1S/C23H24ClN5O2S/c24-21-13-18(28-12-11-27-9-2-4-19(27)15-28)6-7-22(21)32(30,31)20-8-10-29(16-20)23-5-1-3-17(14-25)26-23/h1,3-7,13,20H,2,8-12,15-16H2. The van der Waals surface area contributed by atoms with E-state index in [1.165, 1.54) is 5.70 Å². The Kier molecular flexibility index (Phi) is 5.48. The number of hydrogen-bond acceptors (Lipinski definition) is 7. The Hall–Kier alpha value is -2.76. The summed E-state index contributed by atoms with van der Waals surface area (Å²) in [7, 11) is -3.59. The Morgan fingerprint density at radius 3 is 2.72 bits per heavy atom. The number of nitrogens with zero attached hydrogens (tertiary/aromatic N) is 5. The fourth-order valence-corrected chi connectivity index (χ4v) is 7.00. The van der Waals surface area contributed by atoms with Gasteiger partial charge in [0.2, 0.25) is 0 Å². The molecule has 2 fully saturated rings. The number of fused-ring (bicyclic) bond motifs is 1. The molecule has 0 radical (unpaired) electrons. The Morgan fingerprint density at radius 2 is 1.91 bits per heavy atom. The molecule has 3 aliphatic rings. The first kappa shape index (κ1) is 21.1. The van der Waals surface area contributed by atoms with Gasteiger partial charge in [0, 0.05) is 44.1 Å². The maximum atomic E-state index is 13.4. The quantitative estimate of drug-likeness (QED) is 0.680. The van der Waals surface area contributed by atoms with Gasteiger partial charge in [-0.15, -0.1) is 0 Å². The SMILES string of the molecule is N#Cc1cccc(N2CCC(S(=O)(=O)c3ccc(N4CCN5CCC=C5C4)cc3Cl)C2)n1. The van der Waals surface area contributed by atoms with E-state index in [2.05, 4.69) is 20.9 Å². The number of benzene rings is 1. The Bertz CT molecular complexity index is 1220. The molecule has 1 aromatic heterocycles. The average molecular weight is 470 g/mol. The van der Waals surface area contributed by atoms with Crippen LogP contribution in [0.3, 0.4) is 0 Å². The third-order valence-electron chi connectivity index (χ3n) is 6.52. The molecule has 32 heavy (non-hydrogen) atoms. The van der Waals surface area contributed by atoms with Crippen LogP contribution < -0.4 is 9.80 Å². The Morgan fingerprint density at radius 1 is 1.06 bits per heavy atom. The molecule has 1 aromatic carbocycles. The number of hydrogen-bond donors (Lipinski definition) is 0. The van der Waals surface area contributed by atoms with Crippen LogP contribution in [0.2, 0.25) is 5.02 Å². The highest BCUT2D eigenvalue weighted by molar-refractivity contribution is 7.92. The van der Waals surface area contributed by atoms with Gasteiger partial charge in [0.05, 0.1) is 21.7 Å². The molecule has 166 valence electrons. The highest BCUT2D eigenvalue weighted by Crippen LogP contribution is 2.34. The van der Waals surface area contributed by atoms with Gasteiger partial charge < -0.3 is 14.7 Å². The van der Waals surface area contributed by atoms with E-state index in [0.29, 0.717) is 31.0 Å². The molecule has 0 spiro atoms.